The van der Waals surface area contributed by atoms with Crippen LogP contribution < -0.4 is 5.32 Å². The van der Waals surface area contributed by atoms with Crippen LogP contribution in [0.4, 0.5) is 0 Å². The molecule has 2 aliphatic carbocycles. The first-order valence-electron chi connectivity index (χ1n) is 5.58. The standard InChI is InChI=1S/C11H17N3/c1-8-4-11(8)13-6-10-5-12-7-14(10)9-2-3-9/h5,7-9,11,13H,2-4,6H2,1H3. The highest BCUT2D eigenvalue weighted by molar-refractivity contribution is 5.04. The van der Waals surface area contributed by atoms with Gasteiger partial charge in [-0.15, -0.1) is 0 Å². The Hall–Kier alpha value is -0.830. The molecule has 3 nitrogen and oxygen atoms in total. The van der Waals surface area contributed by atoms with Crippen LogP contribution in [-0.4, -0.2) is 15.6 Å². The van der Waals surface area contributed by atoms with Crippen LogP contribution in [0.15, 0.2) is 12.5 Å². The van der Waals surface area contributed by atoms with Gasteiger partial charge in [0.05, 0.1) is 12.0 Å². The van der Waals surface area contributed by atoms with Crippen molar-refractivity contribution in [1.82, 2.24) is 14.9 Å². The first-order valence-corrected chi connectivity index (χ1v) is 5.58. The minimum absolute atomic E-state index is 0.755. The molecule has 1 aromatic rings. The van der Waals surface area contributed by atoms with E-state index in [0.29, 0.717) is 0 Å². The summed E-state index contributed by atoms with van der Waals surface area (Å²) in [6.45, 7) is 3.29. The lowest BCUT2D eigenvalue weighted by Crippen LogP contribution is -2.19. The predicted octanol–water partition coefficient (Wildman–Crippen LogP) is 1.72. The van der Waals surface area contributed by atoms with Gasteiger partial charge >= 0.3 is 0 Å². The van der Waals surface area contributed by atoms with Crippen LogP contribution >= 0.6 is 0 Å². The molecule has 3 heteroatoms. The van der Waals surface area contributed by atoms with E-state index >= 15 is 0 Å². The summed E-state index contributed by atoms with van der Waals surface area (Å²) in [7, 11) is 0. The molecule has 0 radical (unpaired) electrons. The quantitative estimate of drug-likeness (QED) is 0.785. The molecule has 2 atom stereocenters. The van der Waals surface area contributed by atoms with Gasteiger partial charge in [0.2, 0.25) is 0 Å². The monoisotopic (exact) mass is 191 g/mol. The van der Waals surface area contributed by atoms with Gasteiger partial charge in [0, 0.05) is 24.8 Å². The smallest absolute Gasteiger partial charge is 0.0951 e. The highest BCUT2D eigenvalue weighted by atomic mass is 15.1. The fourth-order valence-corrected chi connectivity index (χ4v) is 1.99. The van der Waals surface area contributed by atoms with E-state index in [-0.39, 0.29) is 0 Å². The predicted molar refractivity (Wildman–Crippen MR) is 54.9 cm³/mol. The van der Waals surface area contributed by atoms with E-state index in [9.17, 15) is 0 Å². The first kappa shape index (κ1) is 8.48. The maximum atomic E-state index is 4.22. The van der Waals surface area contributed by atoms with Crippen molar-refractivity contribution >= 4 is 0 Å². The molecule has 1 N–H and O–H groups in total. The molecule has 0 spiro atoms. The number of imidazole rings is 1. The topological polar surface area (TPSA) is 29.9 Å². The van der Waals surface area contributed by atoms with Gasteiger partial charge in [-0.25, -0.2) is 4.98 Å². The summed E-state index contributed by atoms with van der Waals surface area (Å²) in [5.74, 6) is 0.882. The van der Waals surface area contributed by atoms with Gasteiger partial charge in [-0.05, 0) is 25.2 Å². The molecule has 1 heterocycles. The van der Waals surface area contributed by atoms with Gasteiger partial charge in [0.15, 0.2) is 0 Å². The van der Waals surface area contributed by atoms with E-state index in [0.717, 1.165) is 24.5 Å². The number of nitrogens with one attached hydrogen (secondary N) is 1. The van der Waals surface area contributed by atoms with E-state index in [4.69, 9.17) is 0 Å². The van der Waals surface area contributed by atoms with Crippen LogP contribution in [0.1, 0.15) is 37.9 Å². The average molecular weight is 191 g/mol. The van der Waals surface area contributed by atoms with Crippen molar-refractivity contribution < 1.29 is 0 Å². The van der Waals surface area contributed by atoms with E-state index in [1.807, 2.05) is 12.5 Å². The highest BCUT2D eigenvalue weighted by Gasteiger charge is 2.32. The minimum Gasteiger partial charge on any atom is -0.330 e. The summed E-state index contributed by atoms with van der Waals surface area (Å²) in [5, 5.41) is 3.57. The Morgan fingerprint density at radius 3 is 3.00 bits per heavy atom. The SMILES string of the molecule is CC1CC1NCc1cncn1C1CC1. The van der Waals surface area contributed by atoms with Crippen molar-refractivity contribution in [3.63, 3.8) is 0 Å². The van der Waals surface area contributed by atoms with E-state index < -0.39 is 0 Å². The first-order chi connectivity index (χ1) is 6.84. The van der Waals surface area contributed by atoms with Crippen molar-refractivity contribution in [2.45, 2.75) is 44.8 Å². The van der Waals surface area contributed by atoms with E-state index in [1.54, 1.807) is 0 Å². The van der Waals surface area contributed by atoms with Crippen LogP contribution in [0.3, 0.4) is 0 Å². The summed E-state index contributed by atoms with van der Waals surface area (Å²) >= 11 is 0. The molecular weight excluding hydrogens is 174 g/mol. The van der Waals surface area contributed by atoms with Crippen molar-refractivity contribution in [2.75, 3.05) is 0 Å². The molecule has 1 aromatic heterocycles. The minimum atomic E-state index is 0.755. The maximum Gasteiger partial charge on any atom is 0.0951 e. The third kappa shape index (κ3) is 1.57. The van der Waals surface area contributed by atoms with Crippen LogP contribution in [0.5, 0.6) is 0 Å². The summed E-state index contributed by atoms with van der Waals surface area (Å²) < 4.78 is 2.33. The molecule has 0 bridgehead atoms. The van der Waals surface area contributed by atoms with Gasteiger partial charge in [0.1, 0.15) is 0 Å². The van der Waals surface area contributed by atoms with Gasteiger partial charge in [-0.1, -0.05) is 6.92 Å². The van der Waals surface area contributed by atoms with Crippen molar-refractivity contribution in [1.29, 1.82) is 0 Å². The lowest BCUT2D eigenvalue weighted by molar-refractivity contribution is 0.601. The van der Waals surface area contributed by atoms with Gasteiger partial charge in [-0.3, -0.25) is 0 Å². The van der Waals surface area contributed by atoms with Gasteiger partial charge in [-0.2, -0.15) is 0 Å². The third-order valence-corrected chi connectivity index (χ3v) is 3.34. The Morgan fingerprint density at radius 1 is 1.57 bits per heavy atom. The van der Waals surface area contributed by atoms with E-state index in [2.05, 4.69) is 21.8 Å². The molecule has 0 saturated heterocycles. The Bertz CT molecular complexity index is 327. The van der Waals surface area contributed by atoms with Crippen LogP contribution in [0.25, 0.3) is 0 Å². The second-order valence-electron chi connectivity index (χ2n) is 4.72. The zero-order valence-corrected chi connectivity index (χ0v) is 8.61. The van der Waals surface area contributed by atoms with E-state index in [1.165, 1.54) is 25.0 Å². The van der Waals surface area contributed by atoms with Crippen molar-refractivity contribution in [3.8, 4) is 0 Å². The number of hydrogen-bond acceptors (Lipinski definition) is 2. The maximum absolute atomic E-state index is 4.22. The normalized spacial score (nSPS) is 30.6. The zero-order valence-electron chi connectivity index (χ0n) is 8.61. The van der Waals surface area contributed by atoms with Crippen LogP contribution in [0.2, 0.25) is 0 Å². The Labute approximate surface area is 84.5 Å². The summed E-state index contributed by atoms with van der Waals surface area (Å²) in [6.07, 6.45) is 7.99. The molecule has 14 heavy (non-hydrogen) atoms. The molecule has 2 saturated carbocycles. The highest BCUT2D eigenvalue weighted by Crippen LogP contribution is 2.36. The van der Waals surface area contributed by atoms with Crippen molar-refractivity contribution in [3.05, 3.63) is 18.2 Å². The summed E-state index contributed by atoms with van der Waals surface area (Å²) in [6, 6.07) is 1.52. The second kappa shape index (κ2) is 3.09. The number of rotatable bonds is 4. The second-order valence-corrected chi connectivity index (χ2v) is 4.72. The molecular formula is C11H17N3. The van der Waals surface area contributed by atoms with Gasteiger partial charge < -0.3 is 9.88 Å². The van der Waals surface area contributed by atoms with Gasteiger partial charge in [0.25, 0.3) is 0 Å². The Morgan fingerprint density at radius 2 is 2.36 bits per heavy atom. The summed E-state index contributed by atoms with van der Waals surface area (Å²) in [5.41, 5.74) is 1.35. The molecule has 0 aromatic carbocycles. The number of nitrogens with zero attached hydrogens (tertiary/aromatic N) is 2. The molecule has 0 aliphatic heterocycles. The third-order valence-electron chi connectivity index (χ3n) is 3.34. The van der Waals surface area contributed by atoms with Crippen LogP contribution in [-0.2, 0) is 6.54 Å². The fraction of sp³-hybridized carbons (Fsp3) is 0.727. The molecule has 2 unspecified atom stereocenters. The lowest BCUT2D eigenvalue weighted by atomic mass is 10.4. The number of hydrogen-bond donors (Lipinski definition) is 1. The van der Waals surface area contributed by atoms with Crippen molar-refractivity contribution in [2.24, 2.45) is 5.92 Å². The molecule has 0 amide bonds. The molecule has 2 fully saturated rings. The molecule has 3 rings (SSSR count). The number of aromatic nitrogens is 2. The molecule has 76 valence electrons. The zero-order chi connectivity index (χ0) is 9.54. The Kier molecular flexibility index (Phi) is 1.87. The van der Waals surface area contributed by atoms with Crippen LogP contribution in [0, 0.1) is 5.92 Å². The summed E-state index contributed by atoms with van der Waals surface area (Å²) in [4.78, 5) is 4.22. The molecule has 2 aliphatic rings. The fourth-order valence-electron chi connectivity index (χ4n) is 1.99. The Balaban J connectivity index is 1.61. The lowest BCUT2D eigenvalue weighted by Gasteiger charge is -2.07. The largest absolute Gasteiger partial charge is 0.330 e. The average Bonchev–Trinajstić information content (AvgIpc) is 3.08.